The minimum atomic E-state index is -0.151. The van der Waals surface area contributed by atoms with Gasteiger partial charge >= 0.3 is 0 Å². The second-order valence-electron chi connectivity index (χ2n) is 16.8. The van der Waals surface area contributed by atoms with E-state index in [1.807, 2.05) is 66.7 Å². The third-order valence-electron chi connectivity index (χ3n) is 12.7. The number of nitrogens with zero attached hydrogens (tertiary/aromatic N) is 4. The molecule has 0 bridgehead atoms. The largest absolute Gasteiger partial charge is 0.455 e. The maximum absolute atomic E-state index is 6.89. The van der Waals surface area contributed by atoms with Crippen LogP contribution in [0.3, 0.4) is 0 Å². The highest BCUT2D eigenvalue weighted by Crippen LogP contribution is 2.52. The standard InChI is InChI=1S/C58H40N4O/c1-58(2)49-26-14-12-23-43(49)44-34-33-42(35-50(44)58)62(41-21-10-5-11-22-41)51-27-16-25-46-47(36-48-45-24-13-15-28-52(45)63-54(48)53(46)51)37-29-31-40(32-30-37)57-60-55(38-17-6-3-7-18-38)59-56(61-57)39-19-8-4-9-20-39/h3-36H,1-2H3. The molecule has 5 nitrogen and oxygen atoms in total. The molecule has 0 amide bonds. The van der Waals surface area contributed by atoms with Gasteiger partial charge in [-0.15, -0.1) is 0 Å². The molecule has 0 spiro atoms. The van der Waals surface area contributed by atoms with E-state index in [0.29, 0.717) is 17.5 Å². The van der Waals surface area contributed by atoms with E-state index in [9.17, 15) is 0 Å². The Morgan fingerprint density at radius 3 is 1.65 bits per heavy atom. The Hall–Kier alpha value is -8.15. The number of furan rings is 1. The number of hydrogen-bond acceptors (Lipinski definition) is 5. The van der Waals surface area contributed by atoms with Crippen LogP contribution in [0, 0.1) is 0 Å². The number of fused-ring (bicyclic) bond motifs is 8. The van der Waals surface area contributed by atoms with Crippen molar-refractivity contribution in [2.24, 2.45) is 0 Å². The molecule has 2 heterocycles. The second kappa shape index (κ2) is 14.5. The van der Waals surface area contributed by atoms with Gasteiger partial charge in [0.2, 0.25) is 0 Å². The quantitative estimate of drug-likeness (QED) is 0.160. The molecule has 0 aliphatic heterocycles. The Kier molecular flexibility index (Phi) is 8.44. The molecule has 2 aromatic heterocycles. The molecule has 0 N–H and O–H groups in total. The molecule has 0 unspecified atom stereocenters. The van der Waals surface area contributed by atoms with Crippen molar-refractivity contribution in [3.05, 3.63) is 217 Å². The van der Waals surface area contributed by atoms with Gasteiger partial charge < -0.3 is 9.32 Å². The molecule has 9 aromatic carbocycles. The van der Waals surface area contributed by atoms with Gasteiger partial charge in [0.1, 0.15) is 11.2 Å². The lowest BCUT2D eigenvalue weighted by atomic mass is 9.82. The van der Waals surface area contributed by atoms with Crippen LogP contribution in [0.2, 0.25) is 0 Å². The lowest BCUT2D eigenvalue weighted by Gasteiger charge is -2.29. The molecule has 11 aromatic rings. The van der Waals surface area contributed by atoms with E-state index in [-0.39, 0.29) is 5.41 Å². The topological polar surface area (TPSA) is 55.1 Å². The second-order valence-corrected chi connectivity index (χ2v) is 16.8. The fourth-order valence-corrected chi connectivity index (χ4v) is 9.62. The third kappa shape index (κ3) is 6.04. The van der Waals surface area contributed by atoms with Gasteiger partial charge in [0, 0.05) is 49.6 Å². The zero-order chi connectivity index (χ0) is 42.1. The van der Waals surface area contributed by atoms with Crippen LogP contribution in [0.1, 0.15) is 25.0 Å². The fraction of sp³-hybridized carbons (Fsp3) is 0.0517. The Morgan fingerprint density at radius 1 is 0.397 bits per heavy atom. The Morgan fingerprint density at radius 2 is 0.952 bits per heavy atom. The summed E-state index contributed by atoms with van der Waals surface area (Å²) in [6, 6.07) is 72.6. The van der Waals surface area contributed by atoms with Crippen molar-refractivity contribution in [2.45, 2.75) is 19.3 Å². The number of para-hydroxylation sites is 2. The molecule has 1 aliphatic rings. The maximum Gasteiger partial charge on any atom is 0.164 e. The van der Waals surface area contributed by atoms with E-state index in [2.05, 4.69) is 158 Å². The number of anilines is 3. The number of hydrogen-bond donors (Lipinski definition) is 0. The van der Waals surface area contributed by atoms with Crippen LogP contribution in [0.5, 0.6) is 0 Å². The summed E-state index contributed by atoms with van der Waals surface area (Å²) < 4.78 is 6.89. The Labute approximate surface area is 365 Å². The molecule has 0 saturated heterocycles. The van der Waals surface area contributed by atoms with E-state index in [1.165, 1.54) is 22.3 Å². The van der Waals surface area contributed by atoms with Crippen LogP contribution in [0.15, 0.2) is 211 Å². The minimum Gasteiger partial charge on any atom is -0.455 e. The van der Waals surface area contributed by atoms with Crippen LogP contribution in [-0.2, 0) is 5.41 Å². The smallest absolute Gasteiger partial charge is 0.164 e. The van der Waals surface area contributed by atoms with Crippen molar-refractivity contribution in [3.63, 3.8) is 0 Å². The summed E-state index contributed by atoms with van der Waals surface area (Å²) in [4.78, 5) is 17.3. The first-order valence-corrected chi connectivity index (χ1v) is 21.4. The molecule has 63 heavy (non-hydrogen) atoms. The zero-order valence-corrected chi connectivity index (χ0v) is 34.8. The summed E-state index contributed by atoms with van der Waals surface area (Å²) in [6.45, 7) is 4.68. The Bertz CT molecular complexity index is 3470. The van der Waals surface area contributed by atoms with Crippen LogP contribution in [0.25, 0.3) is 89.1 Å². The molecule has 0 fully saturated rings. The van der Waals surface area contributed by atoms with E-state index in [1.54, 1.807) is 0 Å². The highest BCUT2D eigenvalue weighted by atomic mass is 16.3. The number of benzene rings is 9. The predicted molar refractivity (Wildman–Crippen MR) is 259 cm³/mol. The maximum atomic E-state index is 6.89. The van der Waals surface area contributed by atoms with Crippen molar-refractivity contribution in [2.75, 3.05) is 4.90 Å². The molecular weight excluding hydrogens is 769 g/mol. The highest BCUT2D eigenvalue weighted by Gasteiger charge is 2.36. The predicted octanol–water partition coefficient (Wildman–Crippen LogP) is 15.4. The number of rotatable bonds is 7. The van der Waals surface area contributed by atoms with Gasteiger partial charge in [0.15, 0.2) is 17.5 Å². The highest BCUT2D eigenvalue weighted by molar-refractivity contribution is 6.23. The third-order valence-corrected chi connectivity index (χ3v) is 12.7. The summed E-state index contributed by atoms with van der Waals surface area (Å²) in [6.07, 6.45) is 0. The van der Waals surface area contributed by atoms with Crippen molar-refractivity contribution in [3.8, 4) is 56.4 Å². The van der Waals surface area contributed by atoms with Crippen molar-refractivity contribution < 1.29 is 4.42 Å². The van der Waals surface area contributed by atoms with Crippen molar-refractivity contribution in [1.82, 2.24) is 15.0 Å². The van der Waals surface area contributed by atoms with E-state index < -0.39 is 0 Å². The SMILES string of the molecule is CC1(C)c2ccccc2-c2ccc(N(c3ccccc3)c3cccc4c(-c5ccc(-c6nc(-c7ccccc7)nc(-c7ccccc7)n6)cc5)cc5c6ccccc6oc5c34)cc21. The van der Waals surface area contributed by atoms with Crippen molar-refractivity contribution >= 4 is 49.8 Å². The zero-order valence-electron chi connectivity index (χ0n) is 34.8. The van der Waals surface area contributed by atoms with Gasteiger partial charge in [0.05, 0.1) is 5.69 Å². The van der Waals surface area contributed by atoms with Gasteiger partial charge in [-0.1, -0.05) is 178 Å². The van der Waals surface area contributed by atoms with Gasteiger partial charge in [-0.3, -0.25) is 0 Å². The average Bonchev–Trinajstić information content (AvgIpc) is 3.83. The summed E-state index contributed by atoms with van der Waals surface area (Å²) >= 11 is 0. The fourth-order valence-electron chi connectivity index (χ4n) is 9.62. The normalized spacial score (nSPS) is 12.7. The van der Waals surface area contributed by atoms with Crippen molar-refractivity contribution in [1.29, 1.82) is 0 Å². The van der Waals surface area contributed by atoms with Crippen LogP contribution >= 0.6 is 0 Å². The monoisotopic (exact) mass is 808 g/mol. The number of aromatic nitrogens is 3. The molecule has 298 valence electrons. The summed E-state index contributed by atoms with van der Waals surface area (Å²) in [7, 11) is 0. The van der Waals surface area contributed by atoms with Crippen LogP contribution in [0.4, 0.5) is 17.1 Å². The van der Waals surface area contributed by atoms with Crippen LogP contribution < -0.4 is 4.90 Å². The van der Waals surface area contributed by atoms with Gasteiger partial charge in [-0.05, 0) is 81.2 Å². The summed E-state index contributed by atoms with van der Waals surface area (Å²) in [5, 5.41) is 4.30. The van der Waals surface area contributed by atoms with Gasteiger partial charge in [-0.25, -0.2) is 15.0 Å². The molecule has 12 rings (SSSR count). The average molecular weight is 809 g/mol. The molecule has 0 radical (unpaired) electrons. The minimum absolute atomic E-state index is 0.151. The lowest BCUT2D eigenvalue weighted by Crippen LogP contribution is -2.16. The first kappa shape index (κ1) is 36.7. The summed E-state index contributed by atoms with van der Waals surface area (Å²) in [5.41, 5.74) is 15.0. The molecular formula is C58H40N4O. The summed E-state index contributed by atoms with van der Waals surface area (Å²) in [5.74, 6) is 1.90. The lowest BCUT2D eigenvalue weighted by molar-refractivity contribution is 0.660. The van der Waals surface area contributed by atoms with E-state index >= 15 is 0 Å². The first-order valence-electron chi connectivity index (χ1n) is 21.4. The Balaban J connectivity index is 1.05. The molecule has 1 aliphatic carbocycles. The molecule has 0 atom stereocenters. The first-order chi connectivity index (χ1) is 31.0. The van der Waals surface area contributed by atoms with E-state index in [4.69, 9.17) is 19.4 Å². The van der Waals surface area contributed by atoms with Crippen LogP contribution in [-0.4, -0.2) is 15.0 Å². The van der Waals surface area contributed by atoms with Gasteiger partial charge in [-0.2, -0.15) is 0 Å². The van der Waals surface area contributed by atoms with Gasteiger partial charge in [0.25, 0.3) is 0 Å². The molecule has 5 heteroatoms. The molecule has 0 saturated carbocycles. The van der Waals surface area contributed by atoms with E-state index in [0.717, 1.165) is 77.6 Å².